The fraction of sp³-hybridized carbons (Fsp3) is 0.818. The van der Waals surface area contributed by atoms with Crippen molar-refractivity contribution in [2.24, 2.45) is 11.8 Å². The molecule has 1 aliphatic carbocycles. The van der Waals surface area contributed by atoms with Gasteiger partial charge in [0.25, 0.3) is 0 Å². The van der Waals surface area contributed by atoms with Crippen LogP contribution in [0.25, 0.3) is 0 Å². The van der Waals surface area contributed by atoms with Crippen molar-refractivity contribution < 1.29 is 0 Å². The SMILES string of the molecule is CCC1CCC=C2C1CCN2C. The van der Waals surface area contributed by atoms with Crippen molar-refractivity contribution in [3.8, 4) is 0 Å². The van der Waals surface area contributed by atoms with Crippen LogP contribution in [-0.4, -0.2) is 18.5 Å². The maximum absolute atomic E-state index is 2.46. The quantitative estimate of drug-likeness (QED) is 0.577. The molecule has 2 unspecified atom stereocenters. The number of nitrogens with zero attached hydrogens (tertiary/aromatic N) is 1. The van der Waals surface area contributed by atoms with Gasteiger partial charge in [-0.2, -0.15) is 0 Å². The molecule has 0 spiro atoms. The predicted molar refractivity (Wildman–Crippen MR) is 51.8 cm³/mol. The molecule has 0 aromatic carbocycles. The first-order valence-corrected chi connectivity index (χ1v) is 5.24. The summed E-state index contributed by atoms with van der Waals surface area (Å²) < 4.78 is 0. The van der Waals surface area contributed by atoms with Crippen molar-refractivity contribution >= 4 is 0 Å². The van der Waals surface area contributed by atoms with Gasteiger partial charge < -0.3 is 4.90 Å². The van der Waals surface area contributed by atoms with Crippen LogP contribution < -0.4 is 0 Å². The van der Waals surface area contributed by atoms with Crippen LogP contribution in [0.2, 0.25) is 0 Å². The highest BCUT2D eigenvalue weighted by Crippen LogP contribution is 2.40. The second kappa shape index (κ2) is 3.12. The second-order valence-electron chi connectivity index (χ2n) is 4.19. The maximum Gasteiger partial charge on any atom is 0.0178 e. The van der Waals surface area contributed by atoms with Crippen LogP contribution in [0, 0.1) is 11.8 Å². The van der Waals surface area contributed by atoms with Crippen molar-refractivity contribution in [3.05, 3.63) is 11.8 Å². The third-order valence-electron chi connectivity index (χ3n) is 3.58. The highest BCUT2D eigenvalue weighted by molar-refractivity contribution is 5.14. The standard InChI is InChI=1S/C11H19N/c1-3-9-5-4-6-11-10(9)7-8-12(11)2/h6,9-10H,3-5,7-8H2,1-2H3. The van der Waals surface area contributed by atoms with Gasteiger partial charge in [0.1, 0.15) is 0 Å². The van der Waals surface area contributed by atoms with Crippen LogP contribution in [0.3, 0.4) is 0 Å². The van der Waals surface area contributed by atoms with Gasteiger partial charge in [0, 0.05) is 25.2 Å². The molecule has 0 aromatic heterocycles. The zero-order chi connectivity index (χ0) is 8.55. The minimum Gasteiger partial charge on any atom is -0.378 e. The van der Waals surface area contributed by atoms with Crippen LogP contribution in [-0.2, 0) is 0 Å². The molecule has 0 bridgehead atoms. The summed E-state index contributed by atoms with van der Waals surface area (Å²) in [7, 11) is 2.24. The number of allylic oxidation sites excluding steroid dienone is 2. The molecule has 1 nitrogen and oxygen atoms in total. The average molecular weight is 165 g/mol. The second-order valence-corrected chi connectivity index (χ2v) is 4.19. The third kappa shape index (κ3) is 1.16. The number of rotatable bonds is 1. The van der Waals surface area contributed by atoms with E-state index in [1.54, 1.807) is 5.70 Å². The van der Waals surface area contributed by atoms with E-state index in [1.807, 2.05) is 0 Å². The molecule has 2 rings (SSSR count). The molecule has 1 fully saturated rings. The summed E-state index contributed by atoms with van der Waals surface area (Å²) in [6.45, 7) is 3.62. The first kappa shape index (κ1) is 8.15. The zero-order valence-electron chi connectivity index (χ0n) is 8.21. The molecular formula is C11H19N. The smallest absolute Gasteiger partial charge is 0.0178 e. The maximum atomic E-state index is 2.46. The lowest BCUT2D eigenvalue weighted by Crippen LogP contribution is -2.20. The van der Waals surface area contributed by atoms with Crippen molar-refractivity contribution in [2.75, 3.05) is 13.6 Å². The Kier molecular flexibility index (Phi) is 2.12. The van der Waals surface area contributed by atoms with Gasteiger partial charge in [-0.3, -0.25) is 0 Å². The lowest BCUT2D eigenvalue weighted by molar-refractivity contribution is 0.326. The average Bonchev–Trinajstić information content (AvgIpc) is 2.48. The van der Waals surface area contributed by atoms with E-state index < -0.39 is 0 Å². The molecule has 1 heteroatoms. The molecular weight excluding hydrogens is 146 g/mol. The Morgan fingerprint density at radius 3 is 3.08 bits per heavy atom. The van der Waals surface area contributed by atoms with Gasteiger partial charge in [-0.15, -0.1) is 0 Å². The molecule has 0 radical (unpaired) electrons. The minimum absolute atomic E-state index is 0.911. The molecule has 2 atom stereocenters. The topological polar surface area (TPSA) is 3.24 Å². The molecule has 0 aromatic rings. The fourth-order valence-electron chi connectivity index (χ4n) is 2.81. The summed E-state index contributed by atoms with van der Waals surface area (Å²) in [6, 6.07) is 0. The zero-order valence-corrected chi connectivity index (χ0v) is 8.21. The van der Waals surface area contributed by atoms with Crippen molar-refractivity contribution in [3.63, 3.8) is 0 Å². The normalized spacial score (nSPS) is 34.8. The van der Waals surface area contributed by atoms with Crippen LogP contribution in [0.1, 0.15) is 32.6 Å². The van der Waals surface area contributed by atoms with Crippen molar-refractivity contribution in [1.29, 1.82) is 0 Å². The molecule has 68 valence electrons. The van der Waals surface area contributed by atoms with Crippen molar-refractivity contribution in [1.82, 2.24) is 4.90 Å². The number of hydrogen-bond acceptors (Lipinski definition) is 1. The largest absolute Gasteiger partial charge is 0.378 e. The monoisotopic (exact) mass is 165 g/mol. The molecule has 0 saturated carbocycles. The lowest BCUT2D eigenvalue weighted by Gasteiger charge is -2.28. The summed E-state index contributed by atoms with van der Waals surface area (Å²) in [6.07, 6.45) is 7.98. The summed E-state index contributed by atoms with van der Waals surface area (Å²) in [5, 5.41) is 0. The van der Waals surface area contributed by atoms with E-state index >= 15 is 0 Å². The highest BCUT2D eigenvalue weighted by Gasteiger charge is 2.32. The van der Waals surface area contributed by atoms with Gasteiger partial charge in [0.2, 0.25) is 0 Å². The first-order valence-electron chi connectivity index (χ1n) is 5.24. The van der Waals surface area contributed by atoms with Gasteiger partial charge in [-0.1, -0.05) is 19.4 Å². The van der Waals surface area contributed by atoms with Crippen LogP contribution in [0.5, 0.6) is 0 Å². The van der Waals surface area contributed by atoms with E-state index in [0.29, 0.717) is 0 Å². The van der Waals surface area contributed by atoms with E-state index in [0.717, 1.165) is 11.8 Å². The van der Waals surface area contributed by atoms with E-state index in [2.05, 4.69) is 24.9 Å². The first-order chi connectivity index (χ1) is 5.83. The van der Waals surface area contributed by atoms with Crippen LogP contribution in [0.4, 0.5) is 0 Å². The van der Waals surface area contributed by atoms with Crippen LogP contribution >= 0.6 is 0 Å². The Labute approximate surface area is 75.4 Å². The predicted octanol–water partition coefficient (Wildman–Crippen LogP) is 2.64. The van der Waals surface area contributed by atoms with Gasteiger partial charge in [-0.05, 0) is 25.2 Å². The Balaban J connectivity index is 2.16. The molecule has 1 aliphatic heterocycles. The molecule has 1 heterocycles. The summed E-state index contributed by atoms with van der Waals surface area (Å²) in [5.41, 5.74) is 1.65. The molecule has 12 heavy (non-hydrogen) atoms. The Bertz CT molecular complexity index is 195. The van der Waals surface area contributed by atoms with Gasteiger partial charge in [0.15, 0.2) is 0 Å². The van der Waals surface area contributed by atoms with E-state index in [4.69, 9.17) is 0 Å². The van der Waals surface area contributed by atoms with Gasteiger partial charge >= 0.3 is 0 Å². The molecule has 0 amide bonds. The molecule has 2 aliphatic rings. The van der Waals surface area contributed by atoms with E-state index in [9.17, 15) is 0 Å². The highest BCUT2D eigenvalue weighted by atomic mass is 15.1. The van der Waals surface area contributed by atoms with Gasteiger partial charge in [0.05, 0.1) is 0 Å². The van der Waals surface area contributed by atoms with Gasteiger partial charge in [-0.25, -0.2) is 0 Å². The fourth-order valence-corrected chi connectivity index (χ4v) is 2.81. The summed E-state index contributed by atoms with van der Waals surface area (Å²) >= 11 is 0. The number of likely N-dealkylation sites (tertiary alicyclic amines) is 1. The summed E-state index contributed by atoms with van der Waals surface area (Å²) in [4.78, 5) is 2.45. The Morgan fingerprint density at radius 2 is 2.33 bits per heavy atom. The van der Waals surface area contributed by atoms with Crippen LogP contribution in [0.15, 0.2) is 11.8 Å². The van der Waals surface area contributed by atoms with E-state index in [1.165, 1.54) is 32.2 Å². The van der Waals surface area contributed by atoms with Crippen molar-refractivity contribution in [2.45, 2.75) is 32.6 Å². The third-order valence-corrected chi connectivity index (χ3v) is 3.58. The Hall–Kier alpha value is -0.460. The van der Waals surface area contributed by atoms with E-state index in [-0.39, 0.29) is 0 Å². The summed E-state index contributed by atoms with van der Waals surface area (Å²) in [5.74, 6) is 1.89. The number of fused-ring (bicyclic) bond motifs is 1. The minimum atomic E-state index is 0.911. The lowest BCUT2D eigenvalue weighted by atomic mass is 9.80. The molecule has 0 N–H and O–H groups in total. The number of hydrogen-bond donors (Lipinski definition) is 0. The Morgan fingerprint density at radius 1 is 1.50 bits per heavy atom. The molecule has 1 saturated heterocycles.